The lowest BCUT2D eigenvalue weighted by molar-refractivity contribution is 0.304. The molecule has 2 aromatic rings. The van der Waals surface area contributed by atoms with E-state index in [0.29, 0.717) is 17.3 Å². The molecule has 0 radical (unpaired) electrons. The average molecular weight is 289 g/mol. The molecule has 0 aliphatic carbocycles. The van der Waals surface area contributed by atoms with E-state index in [2.05, 4.69) is 25.8 Å². The van der Waals surface area contributed by atoms with Crippen molar-refractivity contribution in [1.29, 1.82) is 0 Å². The van der Waals surface area contributed by atoms with E-state index in [9.17, 15) is 4.79 Å². The molecule has 0 N–H and O–H groups in total. The highest BCUT2D eigenvalue weighted by Crippen LogP contribution is 2.23. The van der Waals surface area contributed by atoms with Crippen molar-refractivity contribution in [3.05, 3.63) is 40.2 Å². The third kappa shape index (κ3) is 4.08. The van der Waals surface area contributed by atoms with Gasteiger partial charge in [0.25, 0.3) is 0 Å². The smallest absolute Gasteiger partial charge is 0.336 e. The third-order valence-corrected chi connectivity index (χ3v) is 3.57. The Balaban J connectivity index is 2.28. The molecule has 0 aliphatic rings. The monoisotopic (exact) mass is 289 g/mol. The van der Waals surface area contributed by atoms with E-state index < -0.39 is 0 Å². The molecule has 4 nitrogen and oxygen atoms in total. The van der Waals surface area contributed by atoms with E-state index in [-0.39, 0.29) is 5.63 Å². The van der Waals surface area contributed by atoms with Crippen LogP contribution in [0.15, 0.2) is 33.5 Å². The van der Waals surface area contributed by atoms with Gasteiger partial charge in [0.1, 0.15) is 11.3 Å². The molecule has 0 atom stereocenters. The van der Waals surface area contributed by atoms with E-state index in [1.807, 2.05) is 12.1 Å². The second-order valence-corrected chi connectivity index (χ2v) is 5.87. The molecule has 2 rings (SSSR count). The summed E-state index contributed by atoms with van der Waals surface area (Å²) in [5, 5.41) is 0.965. The van der Waals surface area contributed by atoms with Gasteiger partial charge in [0.05, 0.1) is 7.11 Å². The molecule has 0 saturated carbocycles. The van der Waals surface area contributed by atoms with Crippen LogP contribution in [-0.4, -0.2) is 25.6 Å². The van der Waals surface area contributed by atoms with Crippen molar-refractivity contribution in [1.82, 2.24) is 4.90 Å². The summed E-state index contributed by atoms with van der Waals surface area (Å²) in [5.74, 6) is 1.37. The molecule has 21 heavy (non-hydrogen) atoms. The number of methoxy groups -OCH3 is 1. The number of benzene rings is 1. The quantitative estimate of drug-likeness (QED) is 0.765. The third-order valence-electron chi connectivity index (χ3n) is 3.57. The summed E-state index contributed by atoms with van der Waals surface area (Å²) in [7, 11) is 3.68. The summed E-state index contributed by atoms with van der Waals surface area (Å²) in [6.07, 6.45) is 1.14. The zero-order valence-electron chi connectivity index (χ0n) is 13.2. The lowest BCUT2D eigenvalue weighted by atomic mass is 10.1. The number of hydrogen-bond donors (Lipinski definition) is 0. The maximum atomic E-state index is 11.7. The van der Waals surface area contributed by atoms with Crippen molar-refractivity contribution >= 4 is 11.0 Å². The first-order valence-electron chi connectivity index (χ1n) is 7.29. The van der Waals surface area contributed by atoms with Gasteiger partial charge in [-0.15, -0.1) is 0 Å². The van der Waals surface area contributed by atoms with Gasteiger partial charge in [-0.3, -0.25) is 0 Å². The van der Waals surface area contributed by atoms with Crippen molar-refractivity contribution in [3.8, 4) is 5.75 Å². The van der Waals surface area contributed by atoms with Gasteiger partial charge in [-0.1, -0.05) is 13.8 Å². The Morgan fingerprint density at radius 1 is 1.29 bits per heavy atom. The molecule has 0 amide bonds. The van der Waals surface area contributed by atoms with Gasteiger partial charge in [0.15, 0.2) is 0 Å². The van der Waals surface area contributed by atoms with Crippen LogP contribution < -0.4 is 10.4 Å². The van der Waals surface area contributed by atoms with Crippen molar-refractivity contribution in [2.24, 2.45) is 5.92 Å². The summed E-state index contributed by atoms with van der Waals surface area (Å²) in [4.78, 5) is 14.0. The molecular formula is C17H23NO3. The summed E-state index contributed by atoms with van der Waals surface area (Å²) in [5.41, 5.74) is 1.26. The van der Waals surface area contributed by atoms with Crippen molar-refractivity contribution in [2.75, 3.05) is 20.7 Å². The highest BCUT2D eigenvalue weighted by atomic mass is 16.5. The lowest BCUT2D eigenvalue weighted by Gasteiger charge is -2.18. The molecular weight excluding hydrogens is 266 g/mol. The maximum Gasteiger partial charge on any atom is 0.336 e. The van der Waals surface area contributed by atoms with E-state index in [1.165, 1.54) is 0 Å². The minimum Gasteiger partial charge on any atom is -0.497 e. The number of rotatable bonds is 6. The molecule has 0 spiro atoms. The minimum absolute atomic E-state index is 0.317. The van der Waals surface area contributed by atoms with Crippen LogP contribution in [0.4, 0.5) is 0 Å². The molecule has 1 heterocycles. The van der Waals surface area contributed by atoms with Crippen LogP contribution in [0.1, 0.15) is 25.8 Å². The summed E-state index contributed by atoms with van der Waals surface area (Å²) in [6, 6.07) is 7.18. The van der Waals surface area contributed by atoms with Crippen molar-refractivity contribution < 1.29 is 9.15 Å². The molecule has 0 aliphatic heterocycles. The van der Waals surface area contributed by atoms with Crippen LogP contribution in [0.3, 0.4) is 0 Å². The molecule has 0 fully saturated rings. The van der Waals surface area contributed by atoms with Crippen LogP contribution in [0.25, 0.3) is 11.0 Å². The number of nitrogens with zero attached hydrogens (tertiary/aromatic N) is 1. The van der Waals surface area contributed by atoms with Crippen LogP contribution in [0.2, 0.25) is 0 Å². The minimum atomic E-state index is -0.317. The summed E-state index contributed by atoms with van der Waals surface area (Å²) in [6.45, 7) is 6.18. The number of hydrogen-bond acceptors (Lipinski definition) is 4. The highest BCUT2D eigenvalue weighted by molar-refractivity contribution is 5.81. The Labute approximate surface area is 125 Å². The summed E-state index contributed by atoms with van der Waals surface area (Å²) < 4.78 is 10.4. The molecule has 1 aromatic heterocycles. The predicted molar refractivity (Wildman–Crippen MR) is 84.8 cm³/mol. The average Bonchev–Trinajstić information content (AvgIpc) is 2.44. The largest absolute Gasteiger partial charge is 0.497 e. The Hall–Kier alpha value is -1.81. The topological polar surface area (TPSA) is 42.7 Å². The van der Waals surface area contributed by atoms with E-state index in [4.69, 9.17) is 9.15 Å². The van der Waals surface area contributed by atoms with Crippen LogP contribution in [-0.2, 0) is 6.54 Å². The SMILES string of the molecule is COc1ccc2c(CN(C)CCC(C)C)cc(=O)oc2c1. The maximum absolute atomic E-state index is 11.7. The van der Waals surface area contributed by atoms with Crippen LogP contribution in [0.5, 0.6) is 5.75 Å². The fourth-order valence-electron chi connectivity index (χ4n) is 2.32. The van der Waals surface area contributed by atoms with E-state index in [0.717, 1.165) is 30.5 Å². The number of ether oxygens (including phenoxy) is 1. The highest BCUT2D eigenvalue weighted by Gasteiger charge is 2.09. The fraction of sp³-hybridized carbons (Fsp3) is 0.471. The van der Waals surface area contributed by atoms with Gasteiger partial charge in [-0.2, -0.15) is 0 Å². The van der Waals surface area contributed by atoms with Gasteiger partial charge >= 0.3 is 5.63 Å². The Bertz CT molecular complexity index is 661. The zero-order valence-corrected chi connectivity index (χ0v) is 13.2. The van der Waals surface area contributed by atoms with Crippen LogP contribution >= 0.6 is 0 Å². The number of fused-ring (bicyclic) bond motifs is 1. The first-order chi connectivity index (χ1) is 9.99. The van der Waals surface area contributed by atoms with Crippen LogP contribution in [0, 0.1) is 5.92 Å². The molecule has 114 valence electrons. The van der Waals surface area contributed by atoms with Crippen molar-refractivity contribution in [2.45, 2.75) is 26.8 Å². The molecule has 0 bridgehead atoms. The molecule has 0 unspecified atom stereocenters. The normalized spacial score (nSPS) is 11.5. The Morgan fingerprint density at radius 3 is 2.71 bits per heavy atom. The fourth-order valence-corrected chi connectivity index (χ4v) is 2.32. The zero-order chi connectivity index (χ0) is 15.4. The first kappa shape index (κ1) is 15.6. The predicted octanol–water partition coefficient (Wildman–Crippen LogP) is 3.28. The second kappa shape index (κ2) is 6.76. The van der Waals surface area contributed by atoms with Crippen molar-refractivity contribution in [3.63, 3.8) is 0 Å². The lowest BCUT2D eigenvalue weighted by Crippen LogP contribution is -2.21. The molecule has 0 saturated heterocycles. The standard InChI is InChI=1S/C17H23NO3/c1-12(2)7-8-18(3)11-13-9-17(19)21-16-10-14(20-4)5-6-15(13)16/h5-6,9-10,12H,7-8,11H2,1-4H3. The van der Waals surface area contributed by atoms with Gasteiger partial charge in [0, 0.05) is 24.1 Å². The van der Waals surface area contributed by atoms with Gasteiger partial charge < -0.3 is 14.1 Å². The van der Waals surface area contributed by atoms with E-state index >= 15 is 0 Å². The van der Waals surface area contributed by atoms with E-state index in [1.54, 1.807) is 19.2 Å². The van der Waals surface area contributed by atoms with Gasteiger partial charge in [-0.25, -0.2) is 4.79 Å². The Morgan fingerprint density at radius 2 is 2.05 bits per heavy atom. The van der Waals surface area contributed by atoms with Gasteiger partial charge in [-0.05, 0) is 43.6 Å². The Kier molecular flexibility index (Phi) is 5.02. The first-order valence-corrected chi connectivity index (χ1v) is 7.29. The molecule has 4 heteroatoms. The van der Waals surface area contributed by atoms with Gasteiger partial charge in [0.2, 0.25) is 0 Å². The second-order valence-electron chi connectivity index (χ2n) is 5.87. The summed E-state index contributed by atoms with van der Waals surface area (Å²) >= 11 is 0. The molecule has 1 aromatic carbocycles.